The number of aromatic hydroxyl groups is 1. The van der Waals surface area contributed by atoms with Gasteiger partial charge in [-0.15, -0.1) is 0 Å². The highest BCUT2D eigenvalue weighted by Crippen LogP contribution is 2.42. The minimum absolute atomic E-state index is 0.0245. The number of non-ortho nitro benzene ring substituents is 1. The van der Waals surface area contributed by atoms with Gasteiger partial charge in [-0.1, -0.05) is 53.7 Å². The molecule has 0 saturated carbocycles. The summed E-state index contributed by atoms with van der Waals surface area (Å²) in [5.41, 5.74) is 3.23. The Morgan fingerprint density at radius 1 is 0.743 bits per heavy atom. The molecule has 0 spiro atoms. The van der Waals surface area contributed by atoms with Crippen molar-refractivity contribution in [2.24, 2.45) is 0 Å². The van der Waals surface area contributed by atoms with Gasteiger partial charge in [0.25, 0.3) is 17.5 Å². The summed E-state index contributed by atoms with van der Waals surface area (Å²) in [6, 6.07) is 14.7. The van der Waals surface area contributed by atoms with Crippen molar-refractivity contribution in [1.29, 1.82) is 0 Å². The normalized spacial score (nSPS) is 13.8. The second-order valence-electron chi connectivity index (χ2n) is 10.9. The van der Waals surface area contributed by atoms with Gasteiger partial charge in [0.2, 0.25) is 0 Å². The summed E-state index contributed by atoms with van der Waals surface area (Å²) < 4.78 is 0. The maximum Gasteiger partial charge on any atom is 0.270 e. The van der Waals surface area contributed by atoms with Gasteiger partial charge in [0, 0.05) is 23.3 Å². The second-order valence-corrected chi connectivity index (χ2v) is 10.9. The highest BCUT2D eigenvalue weighted by molar-refractivity contribution is 6.34. The third-order valence-corrected chi connectivity index (χ3v) is 6.27. The van der Waals surface area contributed by atoms with Crippen molar-refractivity contribution < 1.29 is 19.6 Å². The van der Waals surface area contributed by atoms with Crippen LogP contribution in [-0.4, -0.2) is 21.8 Å². The SMILES string of the molecule is CC(C)(C)c1cc(-c2ccc(N3C(=O)c4ccc([N+](=O)[O-])cc4C3=O)cc2)cc(C(C)(C)C)c1O. The number of carbonyl (C=O) groups excluding carboxylic acids is 2. The van der Waals surface area contributed by atoms with Crippen molar-refractivity contribution in [2.75, 3.05) is 4.90 Å². The molecule has 3 aromatic rings. The van der Waals surface area contributed by atoms with Gasteiger partial charge in [0.15, 0.2) is 0 Å². The van der Waals surface area contributed by atoms with Crippen LogP contribution in [0.25, 0.3) is 11.1 Å². The van der Waals surface area contributed by atoms with Crippen LogP contribution in [0, 0.1) is 10.1 Å². The number of rotatable bonds is 3. The fourth-order valence-electron chi connectivity index (χ4n) is 4.32. The Morgan fingerprint density at radius 3 is 1.74 bits per heavy atom. The molecule has 3 aromatic carbocycles. The molecule has 7 heteroatoms. The number of nitrogens with zero attached hydrogens (tertiary/aromatic N) is 2. The van der Waals surface area contributed by atoms with E-state index in [9.17, 15) is 24.8 Å². The Morgan fingerprint density at radius 2 is 1.26 bits per heavy atom. The summed E-state index contributed by atoms with van der Waals surface area (Å²) in [4.78, 5) is 37.4. The molecule has 35 heavy (non-hydrogen) atoms. The Balaban J connectivity index is 1.74. The summed E-state index contributed by atoms with van der Waals surface area (Å²) in [5, 5.41) is 22.1. The highest BCUT2D eigenvalue weighted by Gasteiger charge is 2.38. The van der Waals surface area contributed by atoms with Gasteiger partial charge in [-0.25, -0.2) is 4.90 Å². The van der Waals surface area contributed by atoms with Crippen molar-refractivity contribution in [1.82, 2.24) is 0 Å². The Labute approximate surface area is 204 Å². The van der Waals surface area contributed by atoms with Gasteiger partial charge in [0.05, 0.1) is 21.7 Å². The van der Waals surface area contributed by atoms with Crippen molar-refractivity contribution >= 4 is 23.2 Å². The van der Waals surface area contributed by atoms with Gasteiger partial charge in [0.1, 0.15) is 5.75 Å². The standard InChI is InChI=1S/C28H28N2O5/c1-27(2,3)22-13-17(14-23(24(22)31)28(4,5)6)16-7-9-18(10-8-16)29-25(32)20-12-11-19(30(34)35)15-21(20)26(29)33/h7-15,31H,1-6H3. The molecule has 2 amide bonds. The van der Waals surface area contributed by atoms with E-state index in [1.807, 2.05) is 65.8 Å². The smallest absolute Gasteiger partial charge is 0.270 e. The van der Waals surface area contributed by atoms with E-state index in [-0.39, 0.29) is 27.6 Å². The molecule has 7 nitrogen and oxygen atoms in total. The monoisotopic (exact) mass is 472 g/mol. The van der Waals surface area contributed by atoms with Gasteiger partial charge < -0.3 is 5.11 Å². The van der Waals surface area contributed by atoms with Crippen molar-refractivity contribution in [3.05, 3.63) is 87.0 Å². The Hall–Kier alpha value is -4.00. The van der Waals surface area contributed by atoms with Crippen LogP contribution in [0.1, 0.15) is 73.4 Å². The van der Waals surface area contributed by atoms with Crippen LogP contribution < -0.4 is 4.90 Å². The number of fused-ring (bicyclic) bond motifs is 1. The third-order valence-electron chi connectivity index (χ3n) is 6.27. The molecule has 1 aliphatic rings. The third kappa shape index (κ3) is 4.18. The number of anilines is 1. The lowest BCUT2D eigenvalue weighted by Gasteiger charge is -2.28. The molecule has 1 N–H and O–H groups in total. The number of phenols is 1. The summed E-state index contributed by atoms with van der Waals surface area (Å²) in [7, 11) is 0. The Bertz CT molecular complexity index is 1340. The van der Waals surface area contributed by atoms with E-state index in [1.165, 1.54) is 12.1 Å². The average molecular weight is 473 g/mol. The number of phenolic OH excluding ortho intramolecular Hbond substituents is 1. The van der Waals surface area contributed by atoms with E-state index in [2.05, 4.69) is 0 Å². The molecule has 4 rings (SSSR count). The summed E-state index contributed by atoms with van der Waals surface area (Å²) >= 11 is 0. The summed E-state index contributed by atoms with van der Waals surface area (Å²) in [6.45, 7) is 12.3. The summed E-state index contributed by atoms with van der Waals surface area (Å²) in [6.07, 6.45) is 0. The first-order valence-electron chi connectivity index (χ1n) is 11.4. The predicted octanol–water partition coefficient (Wildman–Crippen LogP) is 6.36. The van der Waals surface area contributed by atoms with Crippen LogP contribution in [0.4, 0.5) is 11.4 Å². The fraction of sp³-hybridized carbons (Fsp3) is 0.286. The number of carbonyl (C=O) groups is 2. The number of nitro benzene ring substituents is 1. The lowest BCUT2D eigenvalue weighted by molar-refractivity contribution is -0.384. The predicted molar refractivity (Wildman–Crippen MR) is 135 cm³/mol. The minimum atomic E-state index is -0.592. The molecule has 0 radical (unpaired) electrons. The zero-order valence-electron chi connectivity index (χ0n) is 20.7. The summed E-state index contributed by atoms with van der Waals surface area (Å²) in [5.74, 6) is -0.802. The number of amides is 2. The molecule has 0 aliphatic carbocycles. The quantitative estimate of drug-likeness (QED) is 0.271. The number of nitro groups is 1. The topological polar surface area (TPSA) is 101 Å². The minimum Gasteiger partial charge on any atom is -0.507 e. The molecule has 180 valence electrons. The van der Waals surface area contributed by atoms with E-state index < -0.39 is 16.7 Å². The molecule has 1 heterocycles. The van der Waals surface area contributed by atoms with E-state index in [4.69, 9.17) is 0 Å². The van der Waals surface area contributed by atoms with Crippen LogP contribution in [-0.2, 0) is 10.8 Å². The lowest BCUT2D eigenvalue weighted by atomic mass is 9.78. The van der Waals surface area contributed by atoms with Crippen molar-refractivity contribution in [2.45, 2.75) is 52.4 Å². The first kappa shape index (κ1) is 24.1. The molecular formula is C28H28N2O5. The van der Waals surface area contributed by atoms with Crippen LogP contribution in [0.15, 0.2) is 54.6 Å². The fourth-order valence-corrected chi connectivity index (χ4v) is 4.32. The second kappa shape index (κ2) is 8.05. The highest BCUT2D eigenvalue weighted by atomic mass is 16.6. The average Bonchev–Trinajstić information content (AvgIpc) is 3.02. The maximum atomic E-state index is 12.9. The zero-order chi connectivity index (χ0) is 25.9. The number of hydrogen-bond acceptors (Lipinski definition) is 5. The molecule has 1 aliphatic heterocycles. The van der Waals surface area contributed by atoms with Gasteiger partial charge in [-0.05, 0) is 52.3 Å². The van der Waals surface area contributed by atoms with Gasteiger partial charge in [-0.3, -0.25) is 19.7 Å². The number of imide groups is 1. The van der Waals surface area contributed by atoms with Crippen LogP contribution in [0.2, 0.25) is 0 Å². The molecular weight excluding hydrogens is 444 g/mol. The van der Waals surface area contributed by atoms with Crippen molar-refractivity contribution in [3.8, 4) is 16.9 Å². The van der Waals surface area contributed by atoms with E-state index >= 15 is 0 Å². The number of benzene rings is 3. The van der Waals surface area contributed by atoms with Crippen molar-refractivity contribution in [3.63, 3.8) is 0 Å². The van der Waals surface area contributed by atoms with Gasteiger partial charge >= 0.3 is 0 Å². The molecule has 0 atom stereocenters. The van der Waals surface area contributed by atoms with Crippen LogP contribution >= 0.6 is 0 Å². The van der Waals surface area contributed by atoms with Gasteiger partial charge in [-0.2, -0.15) is 0 Å². The van der Waals surface area contributed by atoms with Crippen LogP contribution in [0.3, 0.4) is 0 Å². The van der Waals surface area contributed by atoms with E-state index in [0.717, 1.165) is 33.2 Å². The zero-order valence-corrected chi connectivity index (χ0v) is 20.7. The largest absolute Gasteiger partial charge is 0.507 e. The van der Waals surface area contributed by atoms with E-state index in [0.29, 0.717) is 11.4 Å². The molecule has 0 saturated heterocycles. The Kier molecular flexibility index (Phi) is 5.55. The van der Waals surface area contributed by atoms with Crippen LogP contribution in [0.5, 0.6) is 5.75 Å². The van der Waals surface area contributed by atoms with E-state index in [1.54, 1.807) is 12.1 Å². The molecule has 0 unspecified atom stereocenters. The molecule has 0 fully saturated rings. The lowest BCUT2D eigenvalue weighted by Crippen LogP contribution is -2.29. The first-order chi connectivity index (χ1) is 16.2. The first-order valence-corrected chi connectivity index (χ1v) is 11.4. The number of hydrogen-bond donors (Lipinski definition) is 1. The molecule has 0 bridgehead atoms. The maximum absolute atomic E-state index is 12.9. The molecule has 0 aromatic heterocycles.